The fourth-order valence-electron chi connectivity index (χ4n) is 4.57. The third-order valence-corrected chi connectivity index (χ3v) is 21.8. The van der Waals surface area contributed by atoms with Crippen LogP contribution in [0.3, 0.4) is 0 Å². The number of carboxylic acids is 1. The summed E-state index contributed by atoms with van der Waals surface area (Å²) in [7, 11) is 0. The number of carbonyl (C=O) groups excluding carboxylic acids is 3. The zero-order chi connectivity index (χ0) is 22.3. The zero-order valence-corrected chi connectivity index (χ0v) is 21.3. The van der Waals surface area contributed by atoms with Crippen molar-refractivity contribution in [2.24, 2.45) is 0 Å². The fourth-order valence-corrected chi connectivity index (χ4v) is 20.5. The van der Waals surface area contributed by atoms with Crippen LogP contribution in [0.15, 0.2) is 21.4 Å². The molecule has 0 aromatic heterocycles. The summed E-state index contributed by atoms with van der Waals surface area (Å²) in [6.07, 6.45) is 8.48. The molecule has 2 aliphatic heterocycles. The molecular weight excluding hydrogens is 491 g/mol. The van der Waals surface area contributed by atoms with Gasteiger partial charge >= 0.3 is 184 Å². The van der Waals surface area contributed by atoms with E-state index in [2.05, 4.69) is 20.8 Å². The molecule has 2 aliphatic rings. The predicted octanol–water partition coefficient (Wildman–Crippen LogP) is 3.11. The van der Waals surface area contributed by atoms with Crippen LogP contribution in [0.2, 0.25) is 13.3 Å². The molecule has 0 spiro atoms. The van der Waals surface area contributed by atoms with Crippen molar-refractivity contribution in [2.45, 2.75) is 91.6 Å². The first-order chi connectivity index (χ1) is 14.3. The molecule has 1 unspecified atom stereocenters. The van der Waals surface area contributed by atoms with Crippen molar-refractivity contribution in [3.63, 3.8) is 0 Å². The number of carbonyl (C=O) groups is 3. The standard InChI is InChI=1S/C10H9N2O5.3C4H9.Sn/c13-7-3-4-8(14)12(7)9-6(10(15)16)2-1-5-11(9)17;3*1-3-4-2;/h2,5,9,17H,3-4H2,(H,15,16);3*1,3-4H2,2H3;/p-1. The molecular formula is C22H35N2O5Sn-. The molecule has 7 nitrogen and oxygen atoms in total. The Kier molecular flexibility index (Phi) is 9.40. The van der Waals surface area contributed by atoms with Gasteiger partial charge in [-0.1, -0.05) is 0 Å². The van der Waals surface area contributed by atoms with E-state index in [1.165, 1.54) is 0 Å². The van der Waals surface area contributed by atoms with E-state index in [0.717, 1.165) is 65.4 Å². The average molecular weight is 526 g/mol. The summed E-state index contributed by atoms with van der Waals surface area (Å²) >= 11 is -3.02. The normalized spacial score (nSPS) is 19.9. The average Bonchev–Trinajstić information content (AvgIpc) is 3.05. The van der Waals surface area contributed by atoms with Crippen molar-refractivity contribution in [2.75, 3.05) is 0 Å². The van der Waals surface area contributed by atoms with Crippen LogP contribution in [0.25, 0.3) is 0 Å². The van der Waals surface area contributed by atoms with Gasteiger partial charge in [0.1, 0.15) is 0 Å². The number of likely N-dealkylation sites (tertiary alicyclic amines) is 1. The second-order valence-corrected chi connectivity index (χ2v) is 21.7. The Bertz CT molecular complexity index is 681. The van der Waals surface area contributed by atoms with Gasteiger partial charge in [0, 0.05) is 0 Å². The Morgan fingerprint density at radius 1 is 1.03 bits per heavy atom. The summed E-state index contributed by atoms with van der Waals surface area (Å²) in [5.41, 5.74) is -0.191. The van der Waals surface area contributed by atoms with Crippen molar-refractivity contribution in [3.8, 4) is 0 Å². The van der Waals surface area contributed by atoms with E-state index < -0.39 is 42.3 Å². The van der Waals surface area contributed by atoms with E-state index in [1.54, 1.807) is 12.3 Å². The van der Waals surface area contributed by atoms with E-state index >= 15 is 0 Å². The maximum atomic E-state index is 12.2. The van der Waals surface area contributed by atoms with Gasteiger partial charge in [0.15, 0.2) is 0 Å². The van der Waals surface area contributed by atoms with Gasteiger partial charge in [0.2, 0.25) is 0 Å². The summed E-state index contributed by atoms with van der Waals surface area (Å²) in [4.78, 5) is 37.3. The van der Waals surface area contributed by atoms with Crippen LogP contribution in [0.5, 0.6) is 0 Å². The van der Waals surface area contributed by atoms with Crippen LogP contribution >= 0.6 is 0 Å². The Morgan fingerprint density at radius 2 is 1.50 bits per heavy atom. The summed E-state index contributed by atoms with van der Waals surface area (Å²) in [5.74, 6) is -2.38. The molecule has 2 rings (SSSR count). The number of hydroxylamine groups is 2. The molecule has 1 atom stereocenters. The van der Waals surface area contributed by atoms with E-state index in [9.17, 15) is 24.7 Å². The van der Waals surface area contributed by atoms with Gasteiger partial charge in [-0.2, -0.15) is 0 Å². The number of hydrogen-bond acceptors (Lipinski definition) is 6. The first-order valence-electron chi connectivity index (χ1n) is 11.3. The molecule has 2 heterocycles. The van der Waals surface area contributed by atoms with Crippen molar-refractivity contribution < 1.29 is 24.7 Å². The molecule has 2 amide bonds. The number of rotatable bonds is 12. The van der Waals surface area contributed by atoms with E-state index in [1.807, 2.05) is 0 Å². The summed E-state index contributed by atoms with van der Waals surface area (Å²) in [6, 6.07) is 0. The van der Waals surface area contributed by atoms with Crippen molar-refractivity contribution in [1.29, 1.82) is 0 Å². The first kappa shape index (κ1) is 24.9. The Hall–Kier alpha value is -1.35. The number of unbranched alkanes of at least 4 members (excludes halogenated alkanes) is 3. The summed E-state index contributed by atoms with van der Waals surface area (Å²) in [6.45, 7) is 6.48. The Balaban J connectivity index is 2.50. The molecule has 168 valence electrons. The van der Waals surface area contributed by atoms with Crippen LogP contribution in [-0.4, -0.2) is 57.5 Å². The zero-order valence-electron chi connectivity index (χ0n) is 18.5. The molecule has 30 heavy (non-hydrogen) atoms. The number of allylic oxidation sites excluding steroid dienone is 2. The molecule has 1 saturated heterocycles. The molecule has 1 fully saturated rings. The van der Waals surface area contributed by atoms with Crippen molar-refractivity contribution in [1.82, 2.24) is 9.96 Å². The van der Waals surface area contributed by atoms with Crippen molar-refractivity contribution >= 4 is 36.2 Å². The molecule has 0 saturated carbocycles. The molecule has 8 heteroatoms. The molecule has 0 bridgehead atoms. The van der Waals surface area contributed by atoms with Crippen LogP contribution < -0.4 is 5.11 Å². The van der Waals surface area contributed by atoms with Gasteiger partial charge in [-0.3, -0.25) is 0 Å². The topological polar surface area (TPSA) is 101 Å². The molecule has 0 aromatic carbocycles. The predicted molar refractivity (Wildman–Crippen MR) is 115 cm³/mol. The number of carboxylic acid groups (broad SMARTS) is 1. The second kappa shape index (κ2) is 11.3. The van der Waals surface area contributed by atoms with Gasteiger partial charge in [0.05, 0.1) is 0 Å². The van der Waals surface area contributed by atoms with Gasteiger partial charge < -0.3 is 0 Å². The van der Waals surface area contributed by atoms with Gasteiger partial charge in [0.25, 0.3) is 0 Å². The van der Waals surface area contributed by atoms with E-state index in [0.29, 0.717) is 0 Å². The first-order valence-corrected chi connectivity index (χ1v) is 18.8. The van der Waals surface area contributed by atoms with Gasteiger partial charge in [-0.15, -0.1) is 0 Å². The monoisotopic (exact) mass is 527 g/mol. The summed E-state index contributed by atoms with van der Waals surface area (Å²) in [5, 5.41) is 23.6. The van der Waals surface area contributed by atoms with Crippen LogP contribution in [0, 0.1) is 0 Å². The number of amides is 2. The number of hydrogen-bond donors (Lipinski definition) is 1. The molecule has 0 aliphatic carbocycles. The minimum absolute atomic E-state index is 0.0345. The molecule has 0 radical (unpaired) electrons. The van der Waals surface area contributed by atoms with Crippen molar-refractivity contribution in [3.05, 3.63) is 21.4 Å². The number of aliphatic carboxylic acids is 1. The third kappa shape index (κ3) is 5.46. The van der Waals surface area contributed by atoms with Crippen LogP contribution in [0.4, 0.5) is 0 Å². The SMILES string of the molecule is CCC[CH2][Sn]([CH2]CCC)([CH2]CCC)[C]1=CN(O)C(N2C(=O)CCC2=O)C(C(=O)[O-])=C1. The quantitative estimate of drug-likeness (QED) is 0.310. The second-order valence-electron chi connectivity index (χ2n) is 8.47. The minimum atomic E-state index is -3.02. The Labute approximate surface area is 183 Å². The van der Waals surface area contributed by atoms with Crippen LogP contribution in [0.1, 0.15) is 72.1 Å². The van der Waals surface area contributed by atoms with Gasteiger partial charge in [-0.05, 0) is 0 Å². The fraction of sp³-hybridized carbons (Fsp3) is 0.682. The summed E-state index contributed by atoms with van der Waals surface area (Å²) < 4.78 is 4.27. The molecule has 1 N–H and O–H groups in total. The van der Waals surface area contributed by atoms with E-state index in [4.69, 9.17) is 0 Å². The van der Waals surface area contributed by atoms with E-state index in [-0.39, 0.29) is 18.4 Å². The number of nitrogens with zero attached hydrogens (tertiary/aromatic N) is 2. The van der Waals surface area contributed by atoms with Gasteiger partial charge in [-0.25, -0.2) is 0 Å². The molecule has 0 aromatic rings. The third-order valence-electron chi connectivity index (χ3n) is 6.32. The number of imide groups is 1. The van der Waals surface area contributed by atoms with Crippen LogP contribution in [-0.2, 0) is 14.4 Å². The maximum absolute atomic E-state index is 12.2. The Morgan fingerprint density at radius 3 is 1.90 bits per heavy atom.